The molecule has 0 spiro atoms. The predicted molar refractivity (Wildman–Crippen MR) is 180 cm³/mol. The topological polar surface area (TPSA) is 119 Å². The van der Waals surface area contributed by atoms with Gasteiger partial charge in [-0.05, 0) is 92.6 Å². The molecule has 4 aromatic heterocycles. The Labute approximate surface area is 280 Å². The summed E-state index contributed by atoms with van der Waals surface area (Å²) in [5.41, 5.74) is 3.89. The van der Waals surface area contributed by atoms with Crippen molar-refractivity contribution in [3.63, 3.8) is 0 Å². The lowest BCUT2D eigenvalue weighted by Crippen LogP contribution is -2.27. The largest absolute Gasteiger partial charge is 0.497 e. The Morgan fingerprint density at radius 2 is 1.37 bits per heavy atom. The Kier molecular flexibility index (Phi) is 10.5. The molecule has 2 amide bonds. The third-order valence-electron chi connectivity index (χ3n) is 7.70. The number of fused-ring (bicyclic) bond motifs is 2. The van der Waals surface area contributed by atoms with Gasteiger partial charge in [0.15, 0.2) is 11.3 Å². The number of carbonyl (C=O) groups excluding carboxylic acids is 2. The average Bonchev–Trinajstić information content (AvgIpc) is 3.10. The number of nitrogens with zero attached hydrogens (tertiary/aromatic N) is 4. The first-order chi connectivity index (χ1) is 23.4. The molecule has 9 nitrogen and oxygen atoms in total. The molecule has 0 fully saturated rings. The van der Waals surface area contributed by atoms with Crippen molar-refractivity contribution >= 4 is 33.9 Å². The lowest BCUT2D eigenvalue weighted by molar-refractivity contribution is -0.137. The second kappa shape index (κ2) is 14.9. The highest BCUT2D eigenvalue weighted by Gasteiger charge is 2.31. The maximum Gasteiger partial charge on any atom is 0.416 e. The number of carbonyl (C=O) groups is 2. The molecule has 2 aromatic carbocycles. The van der Waals surface area contributed by atoms with Crippen LogP contribution in [0.1, 0.15) is 61.8 Å². The molecule has 6 aromatic rings. The number of rotatable bonds is 7. The molecule has 250 valence electrons. The zero-order chi connectivity index (χ0) is 35.1. The van der Waals surface area contributed by atoms with Gasteiger partial charge in [0.05, 0.1) is 41.2 Å². The lowest BCUT2D eigenvalue weighted by atomic mass is 10.0. The minimum Gasteiger partial charge on any atom is -0.497 e. The summed E-state index contributed by atoms with van der Waals surface area (Å²) < 4.78 is 43.8. The van der Waals surface area contributed by atoms with Crippen molar-refractivity contribution in [3.05, 3.63) is 137 Å². The Hall–Kier alpha value is -5.91. The molecule has 1 atom stereocenters. The summed E-state index contributed by atoms with van der Waals surface area (Å²) in [6.45, 7) is 5.58. The van der Waals surface area contributed by atoms with Crippen LogP contribution in [-0.2, 0) is 12.7 Å². The molecule has 0 saturated carbocycles. The lowest BCUT2D eigenvalue weighted by Gasteiger charge is -2.17. The summed E-state index contributed by atoms with van der Waals surface area (Å²) in [4.78, 5) is 42.0. The van der Waals surface area contributed by atoms with E-state index in [-0.39, 0.29) is 5.91 Å². The number of halogens is 3. The second-order valence-electron chi connectivity index (χ2n) is 11.2. The van der Waals surface area contributed by atoms with Gasteiger partial charge in [0.2, 0.25) is 0 Å². The van der Waals surface area contributed by atoms with Crippen LogP contribution in [0.5, 0.6) is 5.75 Å². The van der Waals surface area contributed by atoms with Gasteiger partial charge < -0.3 is 15.4 Å². The molecular formula is C37H33F3N6O3. The van der Waals surface area contributed by atoms with Crippen molar-refractivity contribution < 1.29 is 27.5 Å². The molecule has 0 radical (unpaired) electrons. The van der Waals surface area contributed by atoms with Gasteiger partial charge >= 0.3 is 6.18 Å². The molecular weight excluding hydrogens is 633 g/mol. The predicted octanol–water partition coefficient (Wildman–Crippen LogP) is 7.32. The van der Waals surface area contributed by atoms with Gasteiger partial charge in [0, 0.05) is 29.7 Å². The first kappa shape index (κ1) is 34.4. The maximum atomic E-state index is 12.9. The first-order valence-corrected chi connectivity index (χ1v) is 15.3. The van der Waals surface area contributed by atoms with Crippen molar-refractivity contribution in [1.82, 2.24) is 30.6 Å². The molecule has 0 aliphatic heterocycles. The van der Waals surface area contributed by atoms with Crippen LogP contribution in [0.15, 0.2) is 97.3 Å². The molecule has 2 N–H and O–H groups in total. The third-order valence-corrected chi connectivity index (χ3v) is 7.70. The minimum absolute atomic E-state index is 0.149. The van der Waals surface area contributed by atoms with Gasteiger partial charge in [0.1, 0.15) is 5.75 Å². The van der Waals surface area contributed by atoms with Gasteiger partial charge in [-0.25, -0.2) is 19.9 Å². The number of methoxy groups -OCH3 is 1. The summed E-state index contributed by atoms with van der Waals surface area (Å²) in [5.74, 6) is 0.223. The number of pyridine rings is 4. The van der Waals surface area contributed by atoms with Gasteiger partial charge in [-0.15, -0.1) is 0 Å². The van der Waals surface area contributed by atoms with E-state index in [4.69, 9.17) is 4.74 Å². The van der Waals surface area contributed by atoms with E-state index in [0.29, 0.717) is 45.9 Å². The fourth-order valence-electron chi connectivity index (χ4n) is 5.05. The molecule has 0 bridgehead atoms. The zero-order valence-corrected chi connectivity index (χ0v) is 27.2. The van der Waals surface area contributed by atoms with Crippen molar-refractivity contribution in [1.29, 1.82) is 0 Å². The fraction of sp³-hybridized carbons (Fsp3) is 0.189. The smallest absolute Gasteiger partial charge is 0.416 e. The van der Waals surface area contributed by atoms with Crippen molar-refractivity contribution in [2.75, 3.05) is 7.11 Å². The summed E-state index contributed by atoms with van der Waals surface area (Å²) in [6, 6.07) is 22.7. The van der Waals surface area contributed by atoms with Crippen LogP contribution in [0.2, 0.25) is 0 Å². The number of hydrogen-bond acceptors (Lipinski definition) is 7. The highest BCUT2D eigenvalue weighted by molar-refractivity contribution is 5.99. The third kappa shape index (κ3) is 8.52. The van der Waals surface area contributed by atoms with Gasteiger partial charge in [-0.2, -0.15) is 13.2 Å². The summed E-state index contributed by atoms with van der Waals surface area (Å²) in [7, 11) is 1.62. The molecule has 0 saturated heterocycles. The highest BCUT2D eigenvalue weighted by Crippen LogP contribution is 2.31. The van der Waals surface area contributed by atoms with E-state index in [2.05, 4.69) is 30.6 Å². The van der Waals surface area contributed by atoms with Gasteiger partial charge in [-0.3, -0.25) is 9.59 Å². The number of nitrogens with one attached hydrogen (secondary N) is 2. The fourth-order valence-corrected chi connectivity index (χ4v) is 5.05. The molecule has 0 aliphatic carbocycles. The Bertz CT molecular complexity index is 2140. The molecule has 0 aliphatic rings. The standard InChI is InChI=1S/C19H16F3N3O.C18H17N3O2/c1-11(13-5-3-7-15(9-13)19(20,21)22)25-18(26)16-10-14-6-4-8-23-17(14)24-12(16)2;1-12-16(10-14-6-4-8-19-17(14)21-12)18(22)20-11-13-5-3-7-15(9-13)23-2/h3-11H,1-2H3,(H,25,26);3-10H,11H2,1-2H3,(H,20,22)/t11-;/m1./s1. The van der Waals surface area contributed by atoms with Crippen LogP contribution >= 0.6 is 0 Å². The Balaban J connectivity index is 0.000000192. The van der Waals surface area contributed by atoms with E-state index in [0.717, 1.165) is 34.2 Å². The van der Waals surface area contributed by atoms with E-state index >= 15 is 0 Å². The summed E-state index contributed by atoms with van der Waals surface area (Å²) in [5, 5.41) is 7.22. The first-order valence-electron chi connectivity index (χ1n) is 15.3. The van der Waals surface area contributed by atoms with E-state index in [1.807, 2.05) is 49.4 Å². The van der Waals surface area contributed by atoms with Crippen LogP contribution in [0.25, 0.3) is 22.1 Å². The van der Waals surface area contributed by atoms with Crippen LogP contribution < -0.4 is 15.4 Å². The Morgan fingerprint density at radius 3 is 1.96 bits per heavy atom. The van der Waals surface area contributed by atoms with Crippen LogP contribution in [0, 0.1) is 13.8 Å². The Morgan fingerprint density at radius 1 is 0.776 bits per heavy atom. The molecule has 0 unspecified atom stereocenters. The number of ether oxygens (including phenoxy) is 1. The monoisotopic (exact) mass is 666 g/mol. The number of amides is 2. The molecule has 4 heterocycles. The minimum atomic E-state index is -4.43. The zero-order valence-electron chi connectivity index (χ0n) is 27.2. The van der Waals surface area contributed by atoms with E-state index < -0.39 is 23.7 Å². The SMILES string of the molecule is COc1cccc(CNC(=O)c2cc3cccnc3nc2C)c1.Cc1nc2ncccc2cc1C(=O)N[C@H](C)c1cccc(C(F)(F)F)c1. The van der Waals surface area contributed by atoms with Crippen LogP contribution in [-0.4, -0.2) is 38.9 Å². The van der Waals surface area contributed by atoms with Crippen molar-refractivity contribution in [2.24, 2.45) is 0 Å². The average molecular weight is 667 g/mol. The van der Waals surface area contributed by atoms with Crippen molar-refractivity contribution in [3.8, 4) is 5.75 Å². The summed E-state index contributed by atoms with van der Waals surface area (Å²) in [6.07, 6.45) is -1.12. The second-order valence-corrected chi connectivity index (χ2v) is 11.2. The quantitative estimate of drug-likeness (QED) is 0.183. The van der Waals surface area contributed by atoms with Crippen LogP contribution in [0.3, 0.4) is 0 Å². The number of hydrogen-bond donors (Lipinski definition) is 2. The highest BCUT2D eigenvalue weighted by atomic mass is 19.4. The normalized spacial score (nSPS) is 11.7. The number of aryl methyl sites for hydroxylation is 2. The van der Waals surface area contributed by atoms with Crippen molar-refractivity contribution in [2.45, 2.75) is 39.5 Å². The van der Waals surface area contributed by atoms with E-state index in [9.17, 15) is 22.8 Å². The summed E-state index contributed by atoms with van der Waals surface area (Å²) >= 11 is 0. The van der Waals surface area contributed by atoms with Gasteiger partial charge in [0.25, 0.3) is 11.8 Å². The number of aromatic nitrogens is 4. The van der Waals surface area contributed by atoms with Crippen LogP contribution in [0.4, 0.5) is 13.2 Å². The maximum absolute atomic E-state index is 12.9. The number of benzene rings is 2. The van der Waals surface area contributed by atoms with E-state index in [1.54, 1.807) is 57.6 Å². The molecule has 49 heavy (non-hydrogen) atoms. The molecule has 12 heteroatoms. The van der Waals surface area contributed by atoms with E-state index in [1.165, 1.54) is 6.07 Å². The molecule has 6 rings (SSSR count). The number of alkyl halides is 3. The van der Waals surface area contributed by atoms with Gasteiger partial charge in [-0.1, -0.05) is 24.3 Å².